The Morgan fingerprint density at radius 1 is 1.05 bits per heavy atom. The number of carboxylic acids is 1. The van der Waals surface area contributed by atoms with Crippen LogP contribution in [0.15, 0.2) is 18.2 Å². The number of carboxylic acid groups (broad SMARTS) is 1. The molecule has 0 radical (unpaired) electrons. The normalized spacial score (nSPS) is 19.4. The number of hydrogen-bond acceptors (Lipinski definition) is 8. The van der Waals surface area contributed by atoms with E-state index < -0.39 is 66.0 Å². The molecular formula is C25H30N6O9. The molecule has 0 saturated carbocycles. The standard InChI is InChI=1S/C25H30N6O9/c1-13(33)26-17-6-5-15(10-19(17)27-14(2)34)23(38)29-18-7-8-21(35)30-9-3-4-20(31(30)25(18)40)24(39)28-16(12-32)11-22(36)37/h5-6,10,12,16,18,20H,3-4,7-9,11H2,1-2H3,(H,26,33)(H,27,34)(H,28,39)(H,29,38)(H,36,37)/t16-,18-,20-/m0/s1. The summed E-state index contributed by atoms with van der Waals surface area (Å²) in [5, 5.41) is 21.0. The zero-order chi connectivity index (χ0) is 29.6. The van der Waals surface area contributed by atoms with Gasteiger partial charge in [0, 0.05) is 32.4 Å². The first-order valence-corrected chi connectivity index (χ1v) is 12.5. The van der Waals surface area contributed by atoms with Crippen molar-refractivity contribution in [3.63, 3.8) is 0 Å². The first-order chi connectivity index (χ1) is 18.9. The molecule has 2 saturated heterocycles. The molecule has 0 spiro atoms. The molecule has 40 heavy (non-hydrogen) atoms. The second-order valence-electron chi connectivity index (χ2n) is 9.39. The van der Waals surface area contributed by atoms with Crippen molar-refractivity contribution < 1.29 is 43.5 Å². The van der Waals surface area contributed by atoms with E-state index in [0.717, 1.165) is 10.0 Å². The van der Waals surface area contributed by atoms with Crippen LogP contribution in [-0.4, -0.2) is 87.5 Å². The van der Waals surface area contributed by atoms with Gasteiger partial charge in [-0.25, -0.2) is 5.01 Å². The van der Waals surface area contributed by atoms with E-state index in [-0.39, 0.29) is 49.0 Å². The predicted octanol–water partition coefficient (Wildman–Crippen LogP) is -0.611. The molecule has 3 atom stereocenters. The molecule has 2 aliphatic heterocycles. The smallest absolute Gasteiger partial charge is 0.305 e. The fourth-order valence-corrected chi connectivity index (χ4v) is 4.53. The summed E-state index contributed by atoms with van der Waals surface area (Å²) in [6, 6.07) is 0.376. The molecular weight excluding hydrogens is 528 g/mol. The molecule has 214 valence electrons. The number of benzene rings is 1. The van der Waals surface area contributed by atoms with Crippen LogP contribution < -0.4 is 21.3 Å². The number of hydrazine groups is 1. The first-order valence-electron chi connectivity index (χ1n) is 12.5. The van der Waals surface area contributed by atoms with Gasteiger partial charge in [0.2, 0.25) is 23.6 Å². The Hall–Kier alpha value is -4.82. The van der Waals surface area contributed by atoms with Crippen LogP contribution in [0.2, 0.25) is 0 Å². The van der Waals surface area contributed by atoms with Gasteiger partial charge in [0.05, 0.1) is 23.8 Å². The van der Waals surface area contributed by atoms with Gasteiger partial charge in [-0.2, -0.15) is 0 Å². The number of hydrogen-bond donors (Lipinski definition) is 5. The van der Waals surface area contributed by atoms with Gasteiger partial charge in [-0.15, -0.1) is 0 Å². The Labute approximate surface area is 228 Å². The lowest BCUT2D eigenvalue weighted by molar-refractivity contribution is -0.176. The lowest BCUT2D eigenvalue weighted by Gasteiger charge is -2.43. The number of fused-ring (bicyclic) bond motifs is 1. The minimum Gasteiger partial charge on any atom is -0.481 e. The number of nitrogens with one attached hydrogen (secondary N) is 4. The van der Waals surface area contributed by atoms with E-state index in [1.807, 2.05) is 0 Å². The maximum atomic E-state index is 13.6. The maximum absolute atomic E-state index is 13.6. The third-order valence-electron chi connectivity index (χ3n) is 6.26. The van der Waals surface area contributed by atoms with Gasteiger partial charge < -0.3 is 31.2 Å². The monoisotopic (exact) mass is 558 g/mol. The molecule has 2 fully saturated rings. The van der Waals surface area contributed by atoms with E-state index in [4.69, 9.17) is 5.11 Å². The van der Waals surface area contributed by atoms with Gasteiger partial charge in [-0.1, -0.05) is 0 Å². The number of aliphatic carboxylic acids is 1. The summed E-state index contributed by atoms with van der Waals surface area (Å²) in [4.78, 5) is 97.9. The Balaban J connectivity index is 1.84. The van der Waals surface area contributed by atoms with Crippen LogP contribution in [0.3, 0.4) is 0 Å². The van der Waals surface area contributed by atoms with Gasteiger partial charge in [-0.05, 0) is 37.5 Å². The summed E-state index contributed by atoms with van der Waals surface area (Å²) in [6.45, 7) is 2.69. The van der Waals surface area contributed by atoms with Crippen LogP contribution in [0, 0.1) is 0 Å². The number of aldehydes is 1. The number of nitrogens with zero attached hydrogens (tertiary/aromatic N) is 2. The molecule has 0 aliphatic carbocycles. The van der Waals surface area contributed by atoms with Crippen LogP contribution in [-0.2, 0) is 33.6 Å². The molecule has 1 aromatic rings. The average molecular weight is 559 g/mol. The summed E-state index contributed by atoms with van der Waals surface area (Å²) < 4.78 is 0. The van der Waals surface area contributed by atoms with E-state index in [2.05, 4.69) is 21.3 Å². The maximum Gasteiger partial charge on any atom is 0.305 e. The number of carbonyl (C=O) groups is 8. The SMILES string of the molecule is CC(=O)Nc1ccc(C(=O)N[C@H]2CCC(=O)N3CCC[C@@H](C(=O)N[C@H](C=O)CC(=O)O)N3C2=O)cc1NC(C)=O. The molecule has 15 heteroatoms. The predicted molar refractivity (Wildman–Crippen MR) is 137 cm³/mol. The van der Waals surface area contributed by atoms with Gasteiger partial charge >= 0.3 is 5.97 Å². The third-order valence-corrected chi connectivity index (χ3v) is 6.26. The number of rotatable bonds is 9. The Bertz CT molecular complexity index is 1250. The zero-order valence-corrected chi connectivity index (χ0v) is 21.9. The van der Waals surface area contributed by atoms with E-state index in [9.17, 15) is 38.4 Å². The van der Waals surface area contributed by atoms with Crippen molar-refractivity contribution in [1.29, 1.82) is 0 Å². The van der Waals surface area contributed by atoms with Crippen LogP contribution in [0.4, 0.5) is 11.4 Å². The Morgan fingerprint density at radius 2 is 1.73 bits per heavy atom. The lowest BCUT2D eigenvalue weighted by Crippen LogP contribution is -2.64. The second-order valence-corrected chi connectivity index (χ2v) is 9.39. The topological polar surface area (TPSA) is 211 Å². The van der Waals surface area contributed by atoms with Crippen LogP contribution >= 0.6 is 0 Å². The van der Waals surface area contributed by atoms with Crippen molar-refractivity contribution in [3.05, 3.63) is 23.8 Å². The van der Waals surface area contributed by atoms with E-state index in [1.54, 1.807) is 0 Å². The molecule has 5 N–H and O–H groups in total. The summed E-state index contributed by atoms with van der Waals surface area (Å²) in [6.07, 6.45) is -0.0114. The van der Waals surface area contributed by atoms with Crippen molar-refractivity contribution in [3.8, 4) is 0 Å². The van der Waals surface area contributed by atoms with Crippen LogP contribution in [0.5, 0.6) is 0 Å². The van der Waals surface area contributed by atoms with E-state index in [1.165, 1.54) is 32.0 Å². The Kier molecular flexibility index (Phi) is 9.53. The van der Waals surface area contributed by atoms with Crippen LogP contribution in [0.1, 0.15) is 56.3 Å². The molecule has 1 aromatic carbocycles. The molecule has 2 heterocycles. The van der Waals surface area contributed by atoms with E-state index in [0.29, 0.717) is 6.42 Å². The van der Waals surface area contributed by atoms with Crippen LogP contribution in [0.25, 0.3) is 0 Å². The third kappa shape index (κ3) is 7.18. The highest BCUT2D eigenvalue weighted by Crippen LogP contribution is 2.26. The quantitative estimate of drug-likeness (QED) is 0.244. The largest absolute Gasteiger partial charge is 0.481 e. The second kappa shape index (κ2) is 12.8. The minimum atomic E-state index is -1.33. The Morgan fingerprint density at radius 3 is 2.35 bits per heavy atom. The minimum absolute atomic E-state index is 0.0496. The fourth-order valence-electron chi connectivity index (χ4n) is 4.53. The first kappa shape index (κ1) is 29.7. The molecule has 0 unspecified atom stereocenters. The van der Waals surface area contributed by atoms with Gasteiger partial charge in [0.15, 0.2) is 0 Å². The van der Waals surface area contributed by atoms with E-state index >= 15 is 0 Å². The average Bonchev–Trinajstić information content (AvgIpc) is 3.00. The summed E-state index contributed by atoms with van der Waals surface area (Å²) in [5.41, 5.74) is 0.459. The number of amides is 6. The van der Waals surface area contributed by atoms with Gasteiger partial charge in [0.1, 0.15) is 18.4 Å². The highest BCUT2D eigenvalue weighted by molar-refractivity contribution is 6.04. The summed E-state index contributed by atoms with van der Waals surface area (Å²) >= 11 is 0. The molecule has 0 bridgehead atoms. The number of carbonyl (C=O) groups excluding carboxylic acids is 7. The summed E-state index contributed by atoms with van der Waals surface area (Å²) in [7, 11) is 0. The zero-order valence-electron chi connectivity index (χ0n) is 21.9. The van der Waals surface area contributed by atoms with Crippen molar-refractivity contribution in [1.82, 2.24) is 20.7 Å². The molecule has 6 amide bonds. The number of anilines is 2. The lowest BCUT2D eigenvalue weighted by atomic mass is 10.0. The van der Waals surface area contributed by atoms with Gasteiger partial charge in [-0.3, -0.25) is 38.6 Å². The van der Waals surface area contributed by atoms with Gasteiger partial charge in [0.25, 0.3) is 11.8 Å². The molecule has 3 rings (SSSR count). The van der Waals surface area contributed by atoms with Crippen molar-refractivity contribution in [2.45, 2.75) is 64.1 Å². The molecule has 15 nitrogen and oxygen atoms in total. The molecule has 2 aliphatic rings. The molecule has 0 aromatic heterocycles. The van der Waals surface area contributed by atoms with Crippen molar-refractivity contribution in [2.75, 3.05) is 17.2 Å². The fraction of sp³-hybridized carbons (Fsp3) is 0.440. The van der Waals surface area contributed by atoms with Crippen molar-refractivity contribution in [2.24, 2.45) is 0 Å². The van der Waals surface area contributed by atoms with Crippen molar-refractivity contribution >= 4 is 59.1 Å². The summed E-state index contributed by atoms with van der Waals surface area (Å²) in [5.74, 6) is -4.82. The highest BCUT2D eigenvalue weighted by atomic mass is 16.4. The highest BCUT2D eigenvalue weighted by Gasteiger charge is 2.45.